The minimum atomic E-state index is -0.488. The molecule has 4 nitrogen and oxygen atoms in total. The highest BCUT2D eigenvalue weighted by atomic mass is 16.6. The van der Waals surface area contributed by atoms with Gasteiger partial charge >= 0.3 is 0 Å². The molecule has 1 aromatic carbocycles. The Morgan fingerprint density at radius 1 is 1.26 bits per heavy atom. The third-order valence-corrected chi connectivity index (χ3v) is 3.33. The maximum atomic E-state index is 10.3. The summed E-state index contributed by atoms with van der Waals surface area (Å²) in [7, 11) is 2.04. The van der Waals surface area contributed by atoms with Crippen LogP contribution in [0.1, 0.15) is 31.4 Å². The van der Waals surface area contributed by atoms with E-state index in [4.69, 9.17) is 9.47 Å². The molecule has 0 saturated heterocycles. The van der Waals surface area contributed by atoms with Gasteiger partial charge in [0.25, 0.3) is 0 Å². The summed E-state index contributed by atoms with van der Waals surface area (Å²) in [6.45, 7) is 4.99. The number of aliphatic hydroxyl groups is 1. The Balaban J connectivity index is 1.97. The lowest BCUT2D eigenvalue weighted by Crippen LogP contribution is -2.25. The van der Waals surface area contributed by atoms with Crippen LogP contribution in [0, 0.1) is 0 Å². The zero-order valence-electron chi connectivity index (χ0n) is 11.8. The molecule has 2 rings (SSSR count). The summed E-state index contributed by atoms with van der Waals surface area (Å²) in [5.74, 6) is 1.50. The molecule has 0 spiro atoms. The van der Waals surface area contributed by atoms with Crippen LogP contribution in [0.2, 0.25) is 0 Å². The number of nitrogens with zero attached hydrogens (tertiary/aromatic N) is 1. The molecule has 0 bridgehead atoms. The summed E-state index contributed by atoms with van der Waals surface area (Å²) in [6.07, 6.45) is 1.84. The van der Waals surface area contributed by atoms with Crippen LogP contribution in [0.25, 0.3) is 0 Å². The van der Waals surface area contributed by atoms with Crippen LogP contribution in [0.15, 0.2) is 18.2 Å². The van der Waals surface area contributed by atoms with Gasteiger partial charge in [0, 0.05) is 6.54 Å². The maximum absolute atomic E-state index is 10.3. The minimum Gasteiger partial charge on any atom is -0.486 e. The molecule has 0 aromatic heterocycles. The van der Waals surface area contributed by atoms with Crippen LogP contribution in [-0.2, 0) is 0 Å². The molecule has 4 heteroatoms. The average Bonchev–Trinajstić information content (AvgIpc) is 2.44. The molecule has 1 atom stereocenters. The predicted octanol–water partition coefficient (Wildman–Crippen LogP) is 2.22. The topological polar surface area (TPSA) is 41.9 Å². The van der Waals surface area contributed by atoms with Gasteiger partial charge in [0.05, 0.1) is 6.10 Å². The lowest BCUT2D eigenvalue weighted by molar-refractivity contribution is 0.124. The first kappa shape index (κ1) is 14.2. The summed E-state index contributed by atoms with van der Waals surface area (Å²) in [5.41, 5.74) is 0.882. The van der Waals surface area contributed by atoms with Gasteiger partial charge in [0.1, 0.15) is 13.2 Å². The van der Waals surface area contributed by atoms with Crippen molar-refractivity contribution in [2.75, 3.05) is 33.4 Å². The summed E-state index contributed by atoms with van der Waals surface area (Å²) in [5, 5.41) is 10.3. The second-order valence-corrected chi connectivity index (χ2v) is 5.03. The minimum absolute atomic E-state index is 0.488. The van der Waals surface area contributed by atoms with Crippen molar-refractivity contribution in [3.05, 3.63) is 23.8 Å². The Hall–Kier alpha value is -1.26. The molecule has 0 radical (unpaired) electrons. The fourth-order valence-electron chi connectivity index (χ4n) is 2.19. The van der Waals surface area contributed by atoms with Crippen molar-refractivity contribution in [1.82, 2.24) is 4.90 Å². The van der Waals surface area contributed by atoms with Crippen molar-refractivity contribution in [1.29, 1.82) is 0 Å². The molecule has 1 N–H and O–H groups in total. The van der Waals surface area contributed by atoms with E-state index >= 15 is 0 Å². The van der Waals surface area contributed by atoms with Gasteiger partial charge in [-0.15, -0.1) is 0 Å². The van der Waals surface area contributed by atoms with E-state index in [9.17, 15) is 5.11 Å². The summed E-state index contributed by atoms with van der Waals surface area (Å²) < 4.78 is 11.0. The third-order valence-electron chi connectivity index (χ3n) is 3.33. The predicted molar refractivity (Wildman–Crippen MR) is 74.8 cm³/mol. The average molecular weight is 265 g/mol. The van der Waals surface area contributed by atoms with E-state index in [2.05, 4.69) is 11.8 Å². The fraction of sp³-hybridized carbons (Fsp3) is 0.600. The van der Waals surface area contributed by atoms with Gasteiger partial charge in [-0.05, 0) is 37.7 Å². The van der Waals surface area contributed by atoms with E-state index in [1.54, 1.807) is 0 Å². The normalized spacial score (nSPS) is 15.6. The molecule has 1 aliphatic rings. The second-order valence-electron chi connectivity index (χ2n) is 5.03. The first-order chi connectivity index (χ1) is 9.20. The standard InChI is InChI=1S/C15H23NO3/c1-3-4-7-16(2)11-13(17)12-5-6-14-15(10-12)19-9-8-18-14/h5-6,10,13,17H,3-4,7-9,11H2,1-2H3/t13-/m0/s1. The Morgan fingerprint density at radius 2 is 2.00 bits per heavy atom. The maximum Gasteiger partial charge on any atom is 0.161 e. The smallest absolute Gasteiger partial charge is 0.161 e. The number of rotatable bonds is 6. The van der Waals surface area contributed by atoms with Crippen LogP contribution in [0.4, 0.5) is 0 Å². The van der Waals surface area contributed by atoms with Crippen molar-refractivity contribution in [3.8, 4) is 11.5 Å². The van der Waals surface area contributed by atoms with Crippen LogP contribution >= 0.6 is 0 Å². The number of aliphatic hydroxyl groups excluding tert-OH is 1. The first-order valence-electron chi connectivity index (χ1n) is 6.97. The quantitative estimate of drug-likeness (QED) is 0.856. The Kier molecular flexibility index (Phi) is 5.05. The largest absolute Gasteiger partial charge is 0.486 e. The first-order valence-corrected chi connectivity index (χ1v) is 6.97. The summed E-state index contributed by atoms with van der Waals surface area (Å²) in [6, 6.07) is 5.66. The van der Waals surface area contributed by atoms with Crippen LogP contribution in [0.5, 0.6) is 11.5 Å². The van der Waals surface area contributed by atoms with E-state index in [0.29, 0.717) is 19.8 Å². The second kappa shape index (κ2) is 6.78. The third kappa shape index (κ3) is 3.85. The molecular weight excluding hydrogens is 242 g/mol. The number of hydrogen-bond acceptors (Lipinski definition) is 4. The Bertz CT molecular complexity index is 408. The SMILES string of the molecule is CCCCN(C)C[C@H](O)c1ccc2c(c1)OCCO2. The molecule has 1 heterocycles. The molecule has 0 unspecified atom stereocenters. The van der Waals surface area contributed by atoms with Crippen LogP contribution in [0.3, 0.4) is 0 Å². The van der Waals surface area contributed by atoms with Gasteiger partial charge in [-0.25, -0.2) is 0 Å². The van der Waals surface area contributed by atoms with Crippen LogP contribution < -0.4 is 9.47 Å². The monoisotopic (exact) mass is 265 g/mol. The van der Waals surface area contributed by atoms with Gasteiger partial charge in [-0.3, -0.25) is 0 Å². The molecule has 0 saturated carbocycles. The van der Waals surface area contributed by atoms with E-state index in [-0.39, 0.29) is 0 Å². The molecular formula is C15H23NO3. The highest BCUT2D eigenvalue weighted by Gasteiger charge is 2.16. The van der Waals surface area contributed by atoms with Crippen LogP contribution in [-0.4, -0.2) is 43.4 Å². The van der Waals surface area contributed by atoms with Crippen molar-refractivity contribution >= 4 is 0 Å². The number of ether oxygens (including phenoxy) is 2. The Labute approximate surface area is 114 Å². The van der Waals surface area contributed by atoms with Gasteiger partial charge < -0.3 is 19.5 Å². The molecule has 1 aromatic rings. The molecule has 0 aliphatic carbocycles. The van der Waals surface area contributed by atoms with E-state index in [1.807, 2.05) is 25.2 Å². The number of benzene rings is 1. The molecule has 0 fully saturated rings. The summed E-state index contributed by atoms with van der Waals surface area (Å²) >= 11 is 0. The zero-order valence-corrected chi connectivity index (χ0v) is 11.8. The molecule has 106 valence electrons. The van der Waals surface area contributed by atoms with Crippen molar-refractivity contribution in [2.45, 2.75) is 25.9 Å². The number of hydrogen-bond donors (Lipinski definition) is 1. The fourth-order valence-corrected chi connectivity index (χ4v) is 2.19. The number of fused-ring (bicyclic) bond motifs is 1. The van der Waals surface area contributed by atoms with E-state index in [0.717, 1.165) is 30.0 Å². The Morgan fingerprint density at radius 3 is 2.74 bits per heavy atom. The number of likely N-dealkylation sites (N-methyl/N-ethyl adjacent to an activating group) is 1. The molecule has 19 heavy (non-hydrogen) atoms. The van der Waals surface area contributed by atoms with E-state index in [1.165, 1.54) is 6.42 Å². The van der Waals surface area contributed by atoms with Gasteiger partial charge in [0.15, 0.2) is 11.5 Å². The lowest BCUT2D eigenvalue weighted by atomic mass is 10.1. The van der Waals surface area contributed by atoms with Gasteiger partial charge in [0.2, 0.25) is 0 Å². The van der Waals surface area contributed by atoms with Crippen molar-refractivity contribution < 1.29 is 14.6 Å². The number of unbranched alkanes of at least 4 members (excludes halogenated alkanes) is 1. The van der Waals surface area contributed by atoms with Crippen molar-refractivity contribution in [2.24, 2.45) is 0 Å². The highest BCUT2D eigenvalue weighted by Crippen LogP contribution is 2.32. The lowest BCUT2D eigenvalue weighted by Gasteiger charge is -2.23. The van der Waals surface area contributed by atoms with E-state index < -0.39 is 6.10 Å². The summed E-state index contributed by atoms with van der Waals surface area (Å²) in [4.78, 5) is 2.16. The van der Waals surface area contributed by atoms with Crippen molar-refractivity contribution in [3.63, 3.8) is 0 Å². The van der Waals surface area contributed by atoms with Gasteiger partial charge in [-0.1, -0.05) is 19.4 Å². The molecule has 0 amide bonds. The van der Waals surface area contributed by atoms with Gasteiger partial charge in [-0.2, -0.15) is 0 Å². The zero-order chi connectivity index (χ0) is 13.7. The molecule has 1 aliphatic heterocycles. The highest BCUT2D eigenvalue weighted by molar-refractivity contribution is 5.44.